The van der Waals surface area contributed by atoms with Crippen molar-refractivity contribution in [2.75, 3.05) is 36.4 Å². The number of aliphatic imine (C=N–C) groups is 1. The number of aromatic nitrogens is 2. The standard InChI is InChI=1S/C19H26N6S/c1-2-14-6-4-11-25(12-14)17-8-3-7-15(22-17)16-13-26-19(23-16)24-18-20-9-5-10-21-18/h3,7-8,13-14H,2,4-6,9-12H2,1H3,(H2,20,21,23,24)/t14-/m0/s1. The largest absolute Gasteiger partial charge is 0.356 e. The summed E-state index contributed by atoms with van der Waals surface area (Å²) in [6.07, 6.45) is 4.92. The van der Waals surface area contributed by atoms with Gasteiger partial charge in [-0.05, 0) is 37.3 Å². The van der Waals surface area contributed by atoms with Gasteiger partial charge in [0.2, 0.25) is 0 Å². The third-order valence-corrected chi connectivity index (χ3v) is 5.80. The van der Waals surface area contributed by atoms with Crippen LogP contribution in [0.1, 0.15) is 32.6 Å². The fraction of sp³-hybridized carbons (Fsp3) is 0.526. The van der Waals surface area contributed by atoms with E-state index >= 15 is 0 Å². The van der Waals surface area contributed by atoms with Crippen LogP contribution in [0.3, 0.4) is 0 Å². The van der Waals surface area contributed by atoms with Crippen LogP contribution in [0, 0.1) is 5.92 Å². The molecule has 1 saturated heterocycles. The van der Waals surface area contributed by atoms with Gasteiger partial charge in [0.25, 0.3) is 0 Å². The zero-order chi connectivity index (χ0) is 17.8. The summed E-state index contributed by atoms with van der Waals surface area (Å²) in [5.74, 6) is 2.67. The Balaban J connectivity index is 1.49. The normalized spacial score (nSPS) is 20.4. The predicted molar refractivity (Wildman–Crippen MR) is 109 cm³/mol. The molecule has 0 spiro atoms. The number of hydrogen-bond acceptors (Lipinski definition) is 7. The molecule has 2 aromatic rings. The van der Waals surface area contributed by atoms with Gasteiger partial charge in [-0.25, -0.2) is 9.97 Å². The molecule has 2 aromatic heterocycles. The molecule has 0 saturated carbocycles. The molecule has 4 rings (SSSR count). The first-order valence-corrected chi connectivity index (χ1v) is 10.4. The van der Waals surface area contributed by atoms with Crippen molar-refractivity contribution >= 4 is 28.2 Å². The van der Waals surface area contributed by atoms with Crippen molar-refractivity contribution in [2.45, 2.75) is 32.6 Å². The van der Waals surface area contributed by atoms with E-state index in [1.165, 1.54) is 19.3 Å². The van der Waals surface area contributed by atoms with Crippen LogP contribution in [-0.2, 0) is 0 Å². The van der Waals surface area contributed by atoms with Crippen LogP contribution >= 0.6 is 11.3 Å². The third kappa shape index (κ3) is 3.98. The van der Waals surface area contributed by atoms with Gasteiger partial charge in [0.15, 0.2) is 11.1 Å². The summed E-state index contributed by atoms with van der Waals surface area (Å²) < 4.78 is 0. The van der Waals surface area contributed by atoms with E-state index in [2.05, 4.69) is 45.0 Å². The average molecular weight is 371 g/mol. The third-order valence-electron chi connectivity index (χ3n) is 5.04. The molecule has 1 atom stereocenters. The number of pyridine rings is 1. The van der Waals surface area contributed by atoms with Crippen LogP contribution < -0.4 is 15.5 Å². The van der Waals surface area contributed by atoms with Crippen molar-refractivity contribution < 1.29 is 0 Å². The van der Waals surface area contributed by atoms with Crippen LogP contribution in [-0.4, -0.2) is 42.1 Å². The summed E-state index contributed by atoms with van der Waals surface area (Å²) >= 11 is 1.59. The Labute approximate surface area is 158 Å². The Hall–Kier alpha value is -2.15. The van der Waals surface area contributed by atoms with Crippen molar-refractivity contribution in [3.8, 4) is 11.4 Å². The molecule has 0 aliphatic carbocycles. The number of guanidine groups is 1. The summed E-state index contributed by atoms with van der Waals surface area (Å²) in [5, 5.41) is 9.44. The van der Waals surface area contributed by atoms with Gasteiger partial charge >= 0.3 is 0 Å². The molecule has 6 nitrogen and oxygen atoms in total. The highest BCUT2D eigenvalue weighted by Crippen LogP contribution is 2.28. The summed E-state index contributed by atoms with van der Waals surface area (Å²) in [6, 6.07) is 6.25. The molecule has 0 bridgehead atoms. The van der Waals surface area contributed by atoms with Gasteiger partial charge in [-0.15, -0.1) is 11.3 Å². The lowest BCUT2D eigenvalue weighted by Gasteiger charge is -2.33. The molecule has 2 N–H and O–H groups in total. The first-order valence-electron chi connectivity index (χ1n) is 9.55. The molecule has 2 aliphatic rings. The van der Waals surface area contributed by atoms with E-state index in [-0.39, 0.29) is 0 Å². The zero-order valence-electron chi connectivity index (χ0n) is 15.2. The van der Waals surface area contributed by atoms with E-state index in [0.717, 1.165) is 66.8 Å². The number of nitrogens with one attached hydrogen (secondary N) is 2. The fourth-order valence-corrected chi connectivity index (χ4v) is 4.22. The molecule has 7 heteroatoms. The Morgan fingerprint density at radius 1 is 1.27 bits per heavy atom. The minimum Gasteiger partial charge on any atom is -0.356 e. The lowest BCUT2D eigenvalue weighted by molar-refractivity contribution is 0.403. The van der Waals surface area contributed by atoms with Gasteiger partial charge in [0.05, 0.1) is 5.69 Å². The van der Waals surface area contributed by atoms with Crippen LogP contribution in [0.2, 0.25) is 0 Å². The average Bonchev–Trinajstić information content (AvgIpc) is 3.17. The van der Waals surface area contributed by atoms with Crippen LogP contribution in [0.15, 0.2) is 28.6 Å². The second-order valence-electron chi connectivity index (χ2n) is 6.92. The number of nitrogens with zero attached hydrogens (tertiary/aromatic N) is 4. The van der Waals surface area contributed by atoms with Gasteiger partial charge in [-0.1, -0.05) is 19.4 Å². The number of piperidine rings is 1. The van der Waals surface area contributed by atoms with E-state index < -0.39 is 0 Å². The smallest absolute Gasteiger partial charge is 0.197 e. The van der Waals surface area contributed by atoms with Gasteiger partial charge in [-0.2, -0.15) is 0 Å². The number of hydrogen-bond donors (Lipinski definition) is 2. The van der Waals surface area contributed by atoms with Crippen molar-refractivity contribution in [3.63, 3.8) is 0 Å². The van der Waals surface area contributed by atoms with Gasteiger partial charge < -0.3 is 15.5 Å². The lowest BCUT2D eigenvalue weighted by Crippen LogP contribution is -2.35. The minimum absolute atomic E-state index is 0.785. The molecule has 0 aromatic carbocycles. The Kier molecular flexibility index (Phi) is 5.34. The Morgan fingerprint density at radius 2 is 2.23 bits per heavy atom. The molecule has 1 fully saturated rings. The molecule has 0 unspecified atom stereocenters. The molecule has 4 heterocycles. The first kappa shape index (κ1) is 17.3. The topological polar surface area (TPSA) is 65.4 Å². The molecule has 0 radical (unpaired) electrons. The number of thiazole rings is 1. The minimum atomic E-state index is 0.785. The van der Waals surface area contributed by atoms with Crippen LogP contribution in [0.25, 0.3) is 11.4 Å². The highest BCUT2D eigenvalue weighted by Gasteiger charge is 2.20. The first-order chi connectivity index (χ1) is 12.8. The maximum absolute atomic E-state index is 4.89. The maximum Gasteiger partial charge on any atom is 0.197 e. The lowest BCUT2D eigenvalue weighted by atomic mass is 9.96. The van der Waals surface area contributed by atoms with E-state index in [1.807, 2.05) is 6.07 Å². The van der Waals surface area contributed by atoms with Crippen LogP contribution in [0.4, 0.5) is 10.9 Å². The summed E-state index contributed by atoms with van der Waals surface area (Å²) in [4.78, 5) is 16.4. The second-order valence-corrected chi connectivity index (χ2v) is 7.78. The van der Waals surface area contributed by atoms with Gasteiger partial charge in [0.1, 0.15) is 11.5 Å². The maximum atomic E-state index is 4.89. The predicted octanol–water partition coefficient (Wildman–Crippen LogP) is 3.59. The highest BCUT2D eigenvalue weighted by atomic mass is 32.1. The molecular weight excluding hydrogens is 344 g/mol. The SMILES string of the molecule is CC[C@H]1CCCN(c2cccc(-c3csc(NC4=NCCCN4)n3)n2)C1. The summed E-state index contributed by atoms with van der Waals surface area (Å²) in [7, 11) is 0. The zero-order valence-corrected chi connectivity index (χ0v) is 16.1. The Morgan fingerprint density at radius 3 is 3.08 bits per heavy atom. The molecule has 0 amide bonds. The van der Waals surface area contributed by atoms with Gasteiger partial charge in [-0.3, -0.25) is 4.99 Å². The number of rotatable bonds is 4. The van der Waals surface area contributed by atoms with Crippen molar-refractivity contribution in [1.29, 1.82) is 0 Å². The molecule has 138 valence electrons. The quantitative estimate of drug-likeness (QED) is 0.861. The molecule has 26 heavy (non-hydrogen) atoms. The van der Waals surface area contributed by atoms with Crippen molar-refractivity contribution in [3.05, 3.63) is 23.6 Å². The Bertz CT molecular complexity index is 771. The summed E-state index contributed by atoms with van der Waals surface area (Å²) in [6.45, 7) is 6.33. The fourth-order valence-electron chi connectivity index (χ4n) is 3.51. The molecular formula is C19H26N6S. The van der Waals surface area contributed by atoms with Crippen molar-refractivity contribution in [2.24, 2.45) is 10.9 Å². The molecule has 2 aliphatic heterocycles. The number of anilines is 2. The van der Waals surface area contributed by atoms with E-state index in [1.54, 1.807) is 11.3 Å². The van der Waals surface area contributed by atoms with E-state index in [0.29, 0.717) is 0 Å². The monoisotopic (exact) mass is 370 g/mol. The summed E-state index contributed by atoms with van der Waals surface area (Å²) in [5.41, 5.74) is 1.85. The van der Waals surface area contributed by atoms with E-state index in [9.17, 15) is 0 Å². The van der Waals surface area contributed by atoms with Gasteiger partial charge in [0, 0.05) is 31.6 Å². The second kappa shape index (κ2) is 8.03. The highest BCUT2D eigenvalue weighted by molar-refractivity contribution is 7.14. The van der Waals surface area contributed by atoms with Crippen LogP contribution in [0.5, 0.6) is 0 Å². The van der Waals surface area contributed by atoms with Crippen molar-refractivity contribution in [1.82, 2.24) is 15.3 Å². The van der Waals surface area contributed by atoms with E-state index in [4.69, 9.17) is 9.97 Å².